The summed E-state index contributed by atoms with van der Waals surface area (Å²) in [6, 6.07) is 13.5. The van der Waals surface area contributed by atoms with Gasteiger partial charge in [0.05, 0.1) is 12.1 Å². The molecule has 3 aromatic rings. The molecule has 0 radical (unpaired) electrons. The average Bonchev–Trinajstić information content (AvgIpc) is 3.02. The number of nitrogens with zero attached hydrogens (tertiary/aromatic N) is 2. The summed E-state index contributed by atoms with van der Waals surface area (Å²) < 4.78 is 5.82. The summed E-state index contributed by atoms with van der Waals surface area (Å²) >= 11 is 0. The zero-order chi connectivity index (χ0) is 16.9. The third-order valence-corrected chi connectivity index (χ3v) is 3.68. The van der Waals surface area contributed by atoms with Crippen LogP contribution in [0, 0.1) is 0 Å². The van der Waals surface area contributed by atoms with Gasteiger partial charge in [-0.3, -0.25) is 4.79 Å². The Morgan fingerprint density at radius 1 is 1.33 bits per heavy atom. The molecule has 0 saturated carbocycles. The summed E-state index contributed by atoms with van der Waals surface area (Å²) in [6.45, 7) is 4.61. The highest BCUT2D eigenvalue weighted by atomic mass is 16.3. The first-order chi connectivity index (χ1) is 11.7. The highest BCUT2D eigenvalue weighted by Gasteiger charge is 2.10. The summed E-state index contributed by atoms with van der Waals surface area (Å²) in [5.74, 6) is 1.48. The molecule has 122 valence electrons. The number of aromatic nitrogens is 1. The second-order valence-corrected chi connectivity index (χ2v) is 5.51. The second-order valence-electron chi connectivity index (χ2n) is 5.51. The van der Waals surface area contributed by atoms with Gasteiger partial charge in [-0.05, 0) is 24.3 Å². The lowest BCUT2D eigenvalue weighted by atomic mass is 10.2. The van der Waals surface area contributed by atoms with Crippen LogP contribution in [-0.4, -0.2) is 24.5 Å². The van der Waals surface area contributed by atoms with Gasteiger partial charge in [-0.15, -0.1) is 6.58 Å². The number of amides is 1. The van der Waals surface area contributed by atoms with Crippen LogP contribution in [0.1, 0.15) is 16.1 Å². The molecule has 0 spiro atoms. The normalized spacial score (nSPS) is 10.5. The Balaban J connectivity index is 1.69. The number of furan rings is 1. The Kier molecular flexibility index (Phi) is 4.61. The molecule has 0 saturated heterocycles. The van der Waals surface area contributed by atoms with Gasteiger partial charge in [-0.25, -0.2) is 4.98 Å². The fourth-order valence-electron chi connectivity index (χ4n) is 2.44. The number of hydrogen-bond acceptors (Lipinski definition) is 4. The van der Waals surface area contributed by atoms with Gasteiger partial charge >= 0.3 is 0 Å². The van der Waals surface area contributed by atoms with Gasteiger partial charge in [-0.1, -0.05) is 24.3 Å². The summed E-state index contributed by atoms with van der Waals surface area (Å²) in [5, 5.41) is 3.81. The molecule has 0 fully saturated rings. The number of para-hydroxylation sites is 1. The van der Waals surface area contributed by atoms with Crippen molar-refractivity contribution >= 4 is 22.7 Å². The van der Waals surface area contributed by atoms with E-state index in [-0.39, 0.29) is 5.91 Å². The van der Waals surface area contributed by atoms with Crippen molar-refractivity contribution in [3.05, 3.63) is 72.6 Å². The third kappa shape index (κ3) is 3.46. The van der Waals surface area contributed by atoms with Crippen LogP contribution in [0.5, 0.6) is 0 Å². The van der Waals surface area contributed by atoms with Crippen molar-refractivity contribution in [1.82, 2.24) is 10.3 Å². The minimum Gasteiger partial charge on any atom is -0.459 e. The van der Waals surface area contributed by atoms with Crippen LogP contribution >= 0.6 is 0 Å². The Morgan fingerprint density at radius 2 is 2.17 bits per heavy atom. The third-order valence-electron chi connectivity index (χ3n) is 3.68. The van der Waals surface area contributed by atoms with Gasteiger partial charge in [0, 0.05) is 25.2 Å². The van der Waals surface area contributed by atoms with Crippen LogP contribution in [0.2, 0.25) is 0 Å². The van der Waals surface area contributed by atoms with E-state index >= 15 is 0 Å². The number of nitrogens with one attached hydrogen (secondary N) is 1. The molecule has 3 rings (SSSR count). The Labute approximate surface area is 140 Å². The minimum absolute atomic E-state index is 0.158. The van der Waals surface area contributed by atoms with Gasteiger partial charge in [0.2, 0.25) is 0 Å². The highest BCUT2D eigenvalue weighted by Crippen LogP contribution is 2.21. The number of fused-ring (bicyclic) bond motifs is 1. The predicted molar refractivity (Wildman–Crippen MR) is 95.1 cm³/mol. The largest absolute Gasteiger partial charge is 0.459 e. The van der Waals surface area contributed by atoms with Crippen molar-refractivity contribution in [3.63, 3.8) is 0 Å². The number of carbonyl (C=O) groups excluding carboxylic acids is 1. The maximum absolute atomic E-state index is 11.8. The van der Waals surface area contributed by atoms with Crippen LogP contribution in [0.3, 0.4) is 0 Å². The highest BCUT2D eigenvalue weighted by molar-refractivity contribution is 5.94. The molecule has 0 aliphatic heterocycles. The van der Waals surface area contributed by atoms with Gasteiger partial charge < -0.3 is 14.6 Å². The van der Waals surface area contributed by atoms with E-state index in [0.29, 0.717) is 18.7 Å². The van der Waals surface area contributed by atoms with E-state index in [1.54, 1.807) is 18.3 Å². The molecule has 24 heavy (non-hydrogen) atoms. The van der Waals surface area contributed by atoms with Crippen LogP contribution < -0.4 is 10.2 Å². The maximum atomic E-state index is 11.8. The van der Waals surface area contributed by atoms with Gasteiger partial charge in [-0.2, -0.15) is 0 Å². The minimum atomic E-state index is -0.158. The van der Waals surface area contributed by atoms with Crippen molar-refractivity contribution < 1.29 is 9.21 Å². The van der Waals surface area contributed by atoms with E-state index in [0.717, 1.165) is 22.5 Å². The van der Waals surface area contributed by atoms with E-state index in [2.05, 4.69) is 16.9 Å². The molecular weight excluding hydrogens is 302 g/mol. The van der Waals surface area contributed by atoms with Gasteiger partial charge in [0.25, 0.3) is 5.91 Å². The van der Waals surface area contributed by atoms with E-state index in [1.807, 2.05) is 48.3 Å². The van der Waals surface area contributed by atoms with Crippen LogP contribution in [0.25, 0.3) is 11.0 Å². The first-order valence-electron chi connectivity index (χ1n) is 7.71. The van der Waals surface area contributed by atoms with Crippen molar-refractivity contribution in [2.24, 2.45) is 0 Å². The number of benzene rings is 1. The van der Waals surface area contributed by atoms with Crippen LogP contribution in [-0.2, 0) is 6.54 Å². The van der Waals surface area contributed by atoms with Crippen molar-refractivity contribution in [1.29, 1.82) is 0 Å². The molecule has 2 aromatic heterocycles. The lowest BCUT2D eigenvalue weighted by Gasteiger charge is -2.16. The lowest BCUT2D eigenvalue weighted by Crippen LogP contribution is -2.23. The van der Waals surface area contributed by atoms with Crippen LogP contribution in [0.15, 0.2) is 65.7 Å². The summed E-state index contributed by atoms with van der Waals surface area (Å²) in [4.78, 5) is 18.2. The Bertz CT molecular complexity index is 819. The zero-order valence-corrected chi connectivity index (χ0v) is 13.5. The molecule has 1 aromatic carbocycles. The first-order valence-corrected chi connectivity index (χ1v) is 7.71. The first kappa shape index (κ1) is 15.8. The standard InChI is InChI=1S/C19H19N3O2/c1-3-10-20-19(23)15-8-9-18(21-12-15)22(2)13-16-11-14-6-4-5-7-17(14)24-16/h3-9,11-12H,1,10,13H2,2H3,(H,20,23). The van der Waals surface area contributed by atoms with Gasteiger partial charge in [0.1, 0.15) is 17.2 Å². The van der Waals surface area contributed by atoms with E-state index in [4.69, 9.17) is 4.42 Å². The number of pyridine rings is 1. The predicted octanol–water partition coefficient (Wildman–Crippen LogP) is 3.38. The molecule has 0 aliphatic rings. The molecule has 0 bridgehead atoms. The molecule has 2 heterocycles. The number of hydrogen-bond donors (Lipinski definition) is 1. The molecule has 5 nitrogen and oxygen atoms in total. The summed E-state index contributed by atoms with van der Waals surface area (Å²) in [6.07, 6.45) is 3.21. The molecule has 5 heteroatoms. The number of carbonyl (C=O) groups is 1. The zero-order valence-electron chi connectivity index (χ0n) is 13.5. The number of rotatable bonds is 6. The maximum Gasteiger partial charge on any atom is 0.253 e. The monoisotopic (exact) mass is 321 g/mol. The molecule has 0 unspecified atom stereocenters. The molecular formula is C19H19N3O2. The van der Waals surface area contributed by atoms with Crippen molar-refractivity contribution in [2.45, 2.75) is 6.54 Å². The molecule has 1 N–H and O–H groups in total. The fourth-order valence-corrected chi connectivity index (χ4v) is 2.44. The second kappa shape index (κ2) is 7.00. The van der Waals surface area contributed by atoms with Crippen molar-refractivity contribution in [3.8, 4) is 0 Å². The Morgan fingerprint density at radius 3 is 2.88 bits per heavy atom. The van der Waals surface area contributed by atoms with Crippen LogP contribution in [0.4, 0.5) is 5.82 Å². The number of anilines is 1. The summed E-state index contributed by atoms with van der Waals surface area (Å²) in [5.41, 5.74) is 1.40. The quantitative estimate of drug-likeness (QED) is 0.707. The fraction of sp³-hybridized carbons (Fsp3) is 0.158. The molecule has 1 amide bonds. The topological polar surface area (TPSA) is 58.4 Å². The lowest BCUT2D eigenvalue weighted by molar-refractivity contribution is 0.0957. The van der Waals surface area contributed by atoms with Gasteiger partial charge in [0.15, 0.2) is 0 Å². The Hall–Kier alpha value is -3.08. The molecule has 0 aliphatic carbocycles. The SMILES string of the molecule is C=CCNC(=O)c1ccc(N(C)Cc2cc3ccccc3o2)nc1. The average molecular weight is 321 g/mol. The smallest absolute Gasteiger partial charge is 0.253 e. The molecule has 0 atom stereocenters. The van der Waals surface area contributed by atoms with E-state index < -0.39 is 0 Å². The summed E-state index contributed by atoms with van der Waals surface area (Å²) in [7, 11) is 1.94. The van der Waals surface area contributed by atoms with Crippen molar-refractivity contribution in [2.75, 3.05) is 18.5 Å². The van der Waals surface area contributed by atoms with E-state index in [9.17, 15) is 4.79 Å². The van der Waals surface area contributed by atoms with E-state index in [1.165, 1.54) is 0 Å².